The number of hydrogen-bond donors (Lipinski definition) is 1. The first kappa shape index (κ1) is 24.2. The molecule has 0 saturated heterocycles. The third kappa shape index (κ3) is 6.76. The molecule has 0 fully saturated rings. The van der Waals surface area contributed by atoms with Gasteiger partial charge in [0.05, 0.1) is 11.5 Å². The number of aryl methyl sites for hydroxylation is 1. The van der Waals surface area contributed by atoms with Gasteiger partial charge in [0, 0.05) is 25.0 Å². The summed E-state index contributed by atoms with van der Waals surface area (Å²) in [5.41, 5.74) is 2.32. The van der Waals surface area contributed by atoms with Crippen molar-refractivity contribution < 1.29 is 17.9 Å². The van der Waals surface area contributed by atoms with Crippen LogP contribution in [0.1, 0.15) is 35.3 Å². The molecule has 1 aromatic heterocycles. The zero-order valence-electron chi connectivity index (χ0n) is 18.8. The molecular formula is C26H28N2O4S. The smallest absolute Gasteiger partial charge is 0.244 e. The highest BCUT2D eigenvalue weighted by atomic mass is 32.2. The fourth-order valence-corrected chi connectivity index (χ4v) is 4.83. The second kappa shape index (κ2) is 11.4. The van der Waals surface area contributed by atoms with Gasteiger partial charge >= 0.3 is 0 Å². The number of aromatic nitrogens is 1. The van der Waals surface area contributed by atoms with Gasteiger partial charge in [-0.25, -0.2) is 8.42 Å². The minimum absolute atomic E-state index is 0.0745. The average Bonchev–Trinajstić information content (AvgIpc) is 2.83. The van der Waals surface area contributed by atoms with Crippen LogP contribution in [-0.2, 0) is 14.6 Å². The van der Waals surface area contributed by atoms with E-state index in [0.29, 0.717) is 12.2 Å². The van der Waals surface area contributed by atoms with E-state index in [0.717, 1.165) is 23.3 Å². The molecular weight excluding hydrogens is 436 g/mol. The third-order valence-corrected chi connectivity index (χ3v) is 7.14. The SMILES string of the molecule is CCCOc1ccc(/C=C/C(=O)NCC(c2cccnc2)S(=O)(=O)c2ccc(C)cc2)cc1. The molecule has 0 aliphatic rings. The number of nitrogens with one attached hydrogen (secondary N) is 1. The summed E-state index contributed by atoms with van der Waals surface area (Å²) in [5, 5.41) is 1.76. The summed E-state index contributed by atoms with van der Waals surface area (Å²) in [5.74, 6) is 0.397. The summed E-state index contributed by atoms with van der Waals surface area (Å²) >= 11 is 0. The number of carbonyl (C=O) groups excluding carboxylic acids is 1. The Kier molecular flexibility index (Phi) is 8.38. The monoisotopic (exact) mass is 464 g/mol. The van der Waals surface area contributed by atoms with Crippen molar-refractivity contribution in [3.8, 4) is 5.75 Å². The van der Waals surface area contributed by atoms with Crippen LogP contribution < -0.4 is 10.1 Å². The van der Waals surface area contributed by atoms with Crippen LogP contribution in [0.5, 0.6) is 5.75 Å². The van der Waals surface area contributed by atoms with Gasteiger partial charge in [0.15, 0.2) is 9.84 Å². The van der Waals surface area contributed by atoms with Gasteiger partial charge in [-0.1, -0.05) is 42.8 Å². The number of rotatable bonds is 10. The predicted octanol–water partition coefficient (Wildman–Crippen LogP) is 4.52. The molecule has 1 unspecified atom stereocenters. The number of hydrogen-bond acceptors (Lipinski definition) is 5. The highest BCUT2D eigenvalue weighted by Crippen LogP contribution is 2.28. The molecule has 3 rings (SSSR count). The lowest BCUT2D eigenvalue weighted by Crippen LogP contribution is -2.31. The minimum atomic E-state index is -3.74. The molecule has 0 spiro atoms. The van der Waals surface area contributed by atoms with Crippen LogP contribution in [0.3, 0.4) is 0 Å². The predicted molar refractivity (Wildman–Crippen MR) is 130 cm³/mol. The molecule has 172 valence electrons. The summed E-state index contributed by atoms with van der Waals surface area (Å²) < 4.78 is 32.2. The van der Waals surface area contributed by atoms with Crippen molar-refractivity contribution in [3.63, 3.8) is 0 Å². The maximum Gasteiger partial charge on any atom is 0.244 e. The van der Waals surface area contributed by atoms with Crippen LogP contribution in [0, 0.1) is 6.92 Å². The van der Waals surface area contributed by atoms with E-state index < -0.39 is 15.1 Å². The van der Waals surface area contributed by atoms with Crippen molar-refractivity contribution in [2.75, 3.05) is 13.2 Å². The Hall–Kier alpha value is -3.45. The van der Waals surface area contributed by atoms with E-state index in [9.17, 15) is 13.2 Å². The Morgan fingerprint density at radius 1 is 1.09 bits per heavy atom. The van der Waals surface area contributed by atoms with Gasteiger partial charge in [0.2, 0.25) is 5.91 Å². The molecule has 7 heteroatoms. The average molecular weight is 465 g/mol. The zero-order valence-corrected chi connectivity index (χ0v) is 19.6. The Morgan fingerprint density at radius 2 is 1.82 bits per heavy atom. The van der Waals surface area contributed by atoms with E-state index in [1.807, 2.05) is 38.1 Å². The molecule has 3 aromatic rings. The molecule has 0 saturated carbocycles. The van der Waals surface area contributed by atoms with Crippen LogP contribution in [0.15, 0.2) is 84.0 Å². The summed E-state index contributed by atoms with van der Waals surface area (Å²) in [4.78, 5) is 16.7. The van der Waals surface area contributed by atoms with E-state index in [1.165, 1.54) is 12.3 Å². The topological polar surface area (TPSA) is 85.4 Å². The van der Waals surface area contributed by atoms with E-state index >= 15 is 0 Å². The molecule has 33 heavy (non-hydrogen) atoms. The number of carbonyl (C=O) groups is 1. The highest BCUT2D eigenvalue weighted by molar-refractivity contribution is 7.91. The second-order valence-corrected chi connectivity index (χ2v) is 9.76. The first-order valence-electron chi connectivity index (χ1n) is 10.8. The van der Waals surface area contributed by atoms with Gasteiger partial charge in [-0.3, -0.25) is 9.78 Å². The minimum Gasteiger partial charge on any atom is -0.494 e. The molecule has 0 radical (unpaired) electrons. The van der Waals surface area contributed by atoms with E-state index in [1.54, 1.807) is 48.7 Å². The largest absolute Gasteiger partial charge is 0.494 e. The molecule has 0 bridgehead atoms. The summed E-state index contributed by atoms with van der Waals surface area (Å²) in [7, 11) is -3.74. The normalized spacial score (nSPS) is 12.4. The van der Waals surface area contributed by atoms with Crippen molar-refractivity contribution >= 4 is 21.8 Å². The van der Waals surface area contributed by atoms with Gasteiger partial charge in [-0.05, 0) is 60.9 Å². The van der Waals surface area contributed by atoms with Crippen LogP contribution in [-0.4, -0.2) is 32.5 Å². The van der Waals surface area contributed by atoms with Crippen LogP contribution in [0.2, 0.25) is 0 Å². The number of benzene rings is 2. The van der Waals surface area contributed by atoms with Gasteiger partial charge in [0.25, 0.3) is 0 Å². The zero-order chi connectivity index (χ0) is 23.7. The Balaban J connectivity index is 1.71. The highest BCUT2D eigenvalue weighted by Gasteiger charge is 2.29. The standard InChI is InChI=1S/C26H28N2O4S/c1-3-17-32-23-11-8-21(9-12-23)10-15-26(29)28-19-25(22-5-4-16-27-18-22)33(30,31)24-13-6-20(2)7-14-24/h4-16,18,25H,3,17,19H2,1-2H3,(H,28,29)/b15-10+. The lowest BCUT2D eigenvalue weighted by Gasteiger charge is -2.18. The number of nitrogens with zero attached hydrogens (tertiary/aromatic N) is 1. The maximum absolute atomic E-state index is 13.3. The number of ether oxygens (including phenoxy) is 1. The van der Waals surface area contributed by atoms with Crippen LogP contribution in [0.4, 0.5) is 0 Å². The second-order valence-electron chi connectivity index (χ2n) is 7.63. The molecule has 0 aliphatic heterocycles. The van der Waals surface area contributed by atoms with Crippen molar-refractivity contribution in [2.24, 2.45) is 0 Å². The molecule has 1 N–H and O–H groups in total. The molecule has 2 aromatic carbocycles. The Morgan fingerprint density at radius 3 is 2.45 bits per heavy atom. The fourth-order valence-electron chi connectivity index (χ4n) is 3.18. The number of amides is 1. The Labute approximate surface area is 195 Å². The lowest BCUT2D eigenvalue weighted by molar-refractivity contribution is -0.116. The van der Waals surface area contributed by atoms with Crippen molar-refractivity contribution in [2.45, 2.75) is 30.4 Å². The van der Waals surface area contributed by atoms with Crippen molar-refractivity contribution in [1.29, 1.82) is 0 Å². The van der Waals surface area contributed by atoms with Crippen molar-refractivity contribution in [3.05, 3.63) is 95.8 Å². The first-order valence-corrected chi connectivity index (χ1v) is 12.3. The van der Waals surface area contributed by atoms with E-state index in [-0.39, 0.29) is 17.3 Å². The van der Waals surface area contributed by atoms with Gasteiger partial charge in [-0.15, -0.1) is 0 Å². The molecule has 6 nitrogen and oxygen atoms in total. The number of sulfone groups is 1. The summed E-state index contributed by atoms with van der Waals surface area (Å²) in [6.45, 7) is 4.52. The lowest BCUT2D eigenvalue weighted by atomic mass is 10.2. The third-order valence-electron chi connectivity index (χ3n) is 5.02. The number of pyridine rings is 1. The maximum atomic E-state index is 13.3. The summed E-state index contributed by atoms with van der Waals surface area (Å²) in [6.07, 6.45) is 7.09. The van der Waals surface area contributed by atoms with Crippen molar-refractivity contribution in [1.82, 2.24) is 10.3 Å². The summed E-state index contributed by atoms with van der Waals surface area (Å²) in [6, 6.07) is 17.5. The Bertz CT molecular complexity index is 1170. The van der Waals surface area contributed by atoms with Gasteiger partial charge < -0.3 is 10.1 Å². The van der Waals surface area contributed by atoms with Crippen LogP contribution >= 0.6 is 0 Å². The van der Waals surface area contributed by atoms with E-state index in [4.69, 9.17) is 4.74 Å². The van der Waals surface area contributed by atoms with E-state index in [2.05, 4.69) is 10.3 Å². The quantitative estimate of drug-likeness (QED) is 0.446. The fraction of sp³-hybridized carbons (Fsp3) is 0.231. The van der Waals surface area contributed by atoms with Gasteiger partial charge in [-0.2, -0.15) is 0 Å². The molecule has 1 heterocycles. The van der Waals surface area contributed by atoms with Gasteiger partial charge in [0.1, 0.15) is 11.0 Å². The molecule has 1 atom stereocenters. The van der Waals surface area contributed by atoms with Crippen LogP contribution in [0.25, 0.3) is 6.08 Å². The molecule has 0 aliphatic carbocycles. The molecule has 1 amide bonds. The first-order chi connectivity index (χ1) is 15.9.